The van der Waals surface area contributed by atoms with Crippen molar-refractivity contribution in [1.29, 1.82) is 0 Å². The van der Waals surface area contributed by atoms with Gasteiger partial charge >= 0.3 is 0 Å². The monoisotopic (exact) mass is 332 g/mol. The fraction of sp³-hybridized carbons (Fsp3) is 0.700. The molecule has 1 aromatic rings. The summed E-state index contributed by atoms with van der Waals surface area (Å²) in [6.07, 6.45) is 3.42. The van der Waals surface area contributed by atoms with Crippen molar-refractivity contribution in [2.24, 2.45) is 0 Å². The Morgan fingerprint density at radius 3 is 2.79 bits per heavy atom. The molecule has 4 heteroatoms. The van der Waals surface area contributed by atoms with Gasteiger partial charge in [0.15, 0.2) is 0 Å². The van der Waals surface area contributed by atoms with Crippen LogP contribution in [0.5, 0.6) is 5.75 Å². The topological polar surface area (TPSA) is 35.9 Å². The number of fused-ring (bicyclic) bond motifs is 1. The first-order valence-corrected chi connectivity index (χ1v) is 9.49. The van der Waals surface area contributed by atoms with Gasteiger partial charge in [-0.15, -0.1) is 0 Å². The summed E-state index contributed by atoms with van der Waals surface area (Å²) in [5, 5.41) is 10.4. The molecule has 4 nitrogen and oxygen atoms in total. The summed E-state index contributed by atoms with van der Waals surface area (Å²) in [7, 11) is 0. The van der Waals surface area contributed by atoms with Crippen molar-refractivity contribution in [3.05, 3.63) is 29.8 Å². The molecule has 0 unspecified atom stereocenters. The number of nitrogens with zero attached hydrogens (tertiary/aromatic N) is 2. The van der Waals surface area contributed by atoms with Gasteiger partial charge in [0.25, 0.3) is 0 Å². The summed E-state index contributed by atoms with van der Waals surface area (Å²) in [6.45, 7) is 10.1. The van der Waals surface area contributed by atoms with Crippen LogP contribution in [0, 0.1) is 0 Å². The van der Waals surface area contributed by atoms with E-state index in [1.54, 1.807) is 0 Å². The first-order chi connectivity index (χ1) is 11.6. The third-order valence-electron chi connectivity index (χ3n) is 5.33. The van der Waals surface area contributed by atoms with Gasteiger partial charge < -0.3 is 9.84 Å². The van der Waals surface area contributed by atoms with Crippen LogP contribution >= 0.6 is 0 Å². The van der Waals surface area contributed by atoms with E-state index in [9.17, 15) is 5.11 Å². The van der Waals surface area contributed by atoms with Crippen LogP contribution in [0.25, 0.3) is 0 Å². The SMILES string of the molecule is CC(C)c1ccccc1OC[C@@H](O)CN1CCCN2CCC[C@@H]2C1. The van der Waals surface area contributed by atoms with E-state index in [0.717, 1.165) is 18.8 Å². The number of hydrogen-bond acceptors (Lipinski definition) is 4. The van der Waals surface area contributed by atoms with Gasteiger partial charge in [-0.25, -0.2) is 0 Å². The van der Waals surface area contributed by atoms with E-state index in [4.69, 9.17) is 4.74 Å². The van der Waals surface area contributed by atoms with Gasteiger partial charge in [0, 0.05) is 19.1 Å². The molecule has 134 valence electrons. The minimum absolute atomic E-state index is 0.370. The zero-order valence-electron chi connectivity index (χ0n) is 15.2. The van der Waals surface area contributed by atoms with Gasteiger partial charge in [-0.3, -0.25) is 9.80 Å². The van der Waals surface area contributed by atoms with E-state index in [2.05, 4.69) is 29.7 Å². The van der Waals surface area contributed by atoms with Crippen molar-refractivity contribution >= 4 is 0 Å². The fourth-order valence-corrected chi connectivity index (χ4v) is 4.07. The minimum atomic E-state index is -0.432. The molecular weight excluding hydrogens is 300 g/mol. The smallest absolute Gasteiger partial charge is 0.122 e. The second-order valence-corrected chi connectivity index (χ2v) is 7.60. The third kappa shape index (κ3) is 4.50. The number of aliphatic hydroxyl groups is 1. The second kappa shape index (κ2) is 8.32. The van der Waals surface area contributed by atoms with Crippen molar-refractivity contribution in [3.63, 3.8) is 0 Å². The van der Waals surface area contributed by atoms with E-state index in [1.165, 1.54) is 37.9 Å². The van der Waals surface area contributed by atoms with E-state index < -0.39 is 6.10 Å². The van der Waals surface area contributed by atoms with Gasteiger partial charge in [-0.1, -0.05) is 32.0 Å². The van der Waals surface area contributed by atoms with Crippen LogP contribution in [-0.2, 0) is 0 Å². The summed E-state index contributed by atoms with van der Waals surface area (Å²) in [5.41, 5.74) is 1.21. The lowest BCUT2D eigenvalue weighted by molar-refractivity contribution is 0.0654. The molecule has 3 rings (SSSR count). The van der Waals surface area contributed by atoms with Gasteiger partial charge in [0.2, 0.25) is 0 Å². The predicted molar refractivity (Wildman–Crippen MR) is 97.7 cm³/mol. The molecule has 1 aromatic carbocycles. The molecular formula is C20H32N2O2. The lowest BCUT2D eigenvalue weighted by Gasteiger charge is -2.27. The second-order valence-electron chi connectivity index (χ2n) is 7.60. The first kappa shape index (κ1) is 17.7. The van der Waals surface area contributed by atoms with E-state index in [-0.39, 0.29) is 0 Å². The highest BCUT2D eigenvalue weighted by atomic mass is 16.5. The number of rotatable bonds is 6. The molecule has 0 bridgehead atoms. The summed E-state index contributed by atoms with van der Waals surface area (Å²) >= 11 is 0. The van der Waals surface area contributed by atoms with E-state index in [1.807, 2.05) is 18.2 Å². The van der Waals surface area contributed by atoms with Crippen LogP contribution in [0.1, 0.15) is 44.6 Å². The zero-order valence-corrected chi connectivity index (χ0v) is 15.2. The van der Waals surface area contributed by atoms with Crippen LogP contribution in [0.15, 0.2) is 24.3 Å². The Balaban J connectivity index is 1.50. The molecule has 1 N–H and O–H groups in total. The Labute approximate surface area is 146 Å². The summed E-state index contributed by atoms with van der Waals surface area (Å²) in [4.78, 5) is 5.06. The average molecular weight is 332 g/mol. The zero-order chi connectivity index (χ0) is 16.9. The molecule has 0 radical (unpaired) electrons. The molecule has 2 aliphatic heterocycles. The minimum Gasteiger partial charge on any atom is -0.491 e. The Morgan fingerprint density at radius 2 is 1.96 bits per heavy atom. The number of β-amino-alcohol motifs (C(OH)–C–C–N with tert-alkyl or cyclic N) is 1. The molecule has 0 aromatic heterocycles. The van der Waals surface area contributed by atoms with Crippen molar-refractivity contribution in [3.8, 4) is 5.75 Å². The molecule has 2 saturated heterocycles. The van der Waals surface area contributed by atoms with Crippen molar-refractivity contribution < 1.29 is 9.84 Å². The van der Waals surface area contributed by atoms with Crippen molar-refractivity contribution in [2.45, 2.75) is 51.2 Å². The van der Waals surface area contributed by atoms with E-state index >= 15 is 0 Å². The third-order valence-corrected chi connectivity index (χ3v) is 5.33. The summed E-state index contributed by atoms with van der Waals surface area (Å²) in [6, 6.07) is 8.85. The maximum Gasteiger partial charge on any atom is 0.122 e. The highest BCUT2D eigenvalue weighted by Crippen LogP contribution is 2.26. The summed E-state index contributed by atoms with van der Waals surface area (Å²) < 4.78 is 5.93. The number of aliphatic hydroxyl groups excluding tert-OH is 1. The van der Waals surface area contributed by atoms with Gasteiger partial charge in [0.1, 0.15) is 18.5 Å². The molecule has 2 aliphatic rings. The molecule has 0 aliphatic carbocycles. The molecule has 2 fully saturated rings. The largest absolute Gasteiger partial charge is 0.491 e. The predicted octanol–water partition coefficient (Wildman–Crippen LogP) is 2.72. The number of benzene rings is 1. The molecule has 24 heavy (non-hydrogen) atoms. The quantitative estimate of drug-likeness (QED) is 0.869. The molecule has 0 saturated carbocycles. The van der Waals surface area contributed by atoms with E-state index in [0.29, 0.717) is 25.1 Å². The van der Waals surface area contributed by atoms with Gasteiger partial charge in [0.05, 0.1) is 0 Å². The lowest BCUT2D eigenvalue weighted by atomic mass is 10.0. The summed E-state index contributed by atoms with van der Waals surface area (Å²) in [5.74, 6) is 1.33. The molecule has 0 spiro atoms. The molecule has 2 atom stereocenters. The standard InChI is InChI=1S/C20H32N2O2/c1-16(2)19-8-3-4-9-20(19)24-15-18(23)14-21-10-6-12-22-11-5-7-17(22)13-21/h3-4,8-9,16-18,23H,5-7,10-15H2,1-2H3/t17-,18+/m1/s1. The number of ether oxygens (including phenoxy) is 1. The average Bonchev–Trinajstić information content (AvgIpc) is 2.91. The van der Waals surface area contributed by atoms with Crippen LogP contribution in [-0.4, -0.2) is 66.4 Å². The Bertz CT molecular complexity index is 520. The number of para-hydroxylation sites is 1. The Morgan fingerprint density at radius 1 is 1.17 bits per heavy atom. The fourth-order valence-electron chi connectivity index (χ4n) is 4.07. The van der Waals surface area contributed by atoms with Gasteiger partial charge in [-0.05, 0) is 56.4 Å². The highest BCUT2D eigenvalue weighted by molar-refractivity contribution is 5.35. The Kier molecular flexibility index (Phi) is 6.14. The van der Waals surface area contributed by atoms with Crippen LogP contribution in [0.3, 0.4) is 0 Å². The Hall–Kier alpha value is -1.10. The molecule has 2 heterocycles. The first-order valence-electron chi connectivity index (χ1n) is 9.49. The maximum atomic E-state index is 10.4. The highest BCUT2D eigenvalue weighted by Gasteiger charge is 2.29. The van der Waals surface area contributed by atoms with Crippen molar-refractivity contribution in [1.82, 2.24) is 9.80 Å². The van der Waals surface area contributed by atoms with Crippen LogP contribution < -0.4 is 4.74 Å². The lowest BCUT2D eigenvalue weighted by Crippen LogP contribution is -2.41. The maximum absolute atomic E-state index is 10.4. The normalized spacial score (nSPS) is 23.9. The molecule has 0 amide bonds. The van der Waals surface area contributed by atoms with Crippen LogP contribution in [0.4, 0.5) is 0 Å². The van der Waals surface area contributed by atoms with Gasteiger partial charge in [-0.2, -0.15) is 0 Å². The number of hydrogen-bond donors (Lipinski definition) is 1. The van der Waals surface area contributed by atoms with Crippen molar-refractivity contribution in [2.75, 3.05) is 39.3 Å². The van der Waals surface area contributed by atoms with Crippen LogP contribution in [0.2, 0.25) is 0 Å².